The van der Waals surface area contributed by atoms with Crippen LogP contribution in [0.2, 0.25) is 0 Å². The van der Waals surface area contributed by atoms with Gasteiger partial charge in [-0.3, -0.25) is 29.9 Å². The second kappa shape index (κ2) is 9.56. The Morgan fingerprint density at radius 3 is 1.64 bits per heavy atom. The SMILES string of the molecule is Cc1[nH]n(-c2ccc(F)cc2)c(=O)c1C(c1cc([N+](=O)[O-])ccc1O)c1c(C)[nH]n(-c2ccc(F)cc2)c1=O. The number of non-ortho nitro benzene ring substituents is 1. The van der Waals surface area contributed by atoms with Crippen molar-refractivity contribution < 1.29 is 18.8 Å². The van der Waals surface area contributed by atoms with Gasteiger partial charge in [0.1, 0.15) is 17.4 Å². The second-order valence-electron chi connectivity index (χ2n) is 8.97. The Kier molecular flexibility index (Phi) is 6.22. The van der Waals surface area contributed by atoms with E-state index in [4.69, 9.17) is 0 Å². The van der Waals surface area contributed by atoms with E-state index in [-0.39, 0.29) is 28.1 Å². The third kappa shape index (κ3) is 4.41. The average Bonchev–Trinajstić information content (AvgIpc) is 3.36. The molecule has 0 aliphatic rings. The van der Waals surface area contributed by atoms with Crippen molar-refractivity contribution in [1.82, 2.24) is 19.6 Å². The number of hydrogen-bond acceptors (Lipinski definition) is 5. The lowest BCUT2D eigenvalue weighted by molar-refractivity contribution is -0.384. The lowest BCUT2D eigenvalue weighted by Crippen LogP contribution is -2.25. The van der Waals surface area contributed by atoms with E-state index < -0.39 is 33.6 Å². The molecule has 12 heteroatoms. The quantitative estimate of drug-likeness (QED) is 0.220. The molecule has 5 aromatic rings. The Bertz CT molecular complexity index is 1730. The smallest absolute Gasteiger partial charge is 0.275 e. The number of phenolic OH excluding ortho intramolecular Hbond substituents is 1. The van der Waals surface area contributed by atoms with E-state index in [1.165, 1.54) is 48.5 Å². The summed E-state index contributed by atoms with van der Waals surface area (Å²) < 4.78 is 29.4. The van der Waals surface area contributed by atoms with Crippen LogP contribution in [-0.2, 0) is 0 Å². The summed E-state index contributed by atoms with van der Waals surface area (Å²) in [7, 11) is 0. The molecule has 0 spiro atoms. The summed E-state index contributed by atoms with van der Waals surface area (Å²) in [6.45, 7) is 3.16. The lowest BCUT2D eigenvalue weighted by atomic mass is 9.84. The number of nitro benzene ring substituents is 1. The van der Waals surface area contributed by atoms with Crippen LogP contribution in [0.1, 0.15) is 34.0 Å². The Morgan fingerprint density at radius 1 is 0.795 bits per heavy atom. The van der Waals surface area contributed by atoms with Crippen LogP contribution in [0.3, 0.4) is 0 Å². The molecule has 0 saturated heterocycles. The number of halogens is 2. The van der Waals surface area contributed by atoms with Crippen molar-refractivity contribution in [1.29, 1.82) is 0 Å². The molecular weight excluding hydrogens is 512 g/mol. The fraction of sp³-hybridized carbons (Fsp3) is 0.111. The molecule has 10 nitrogen and oxygen atoms in total. The fourth-order valence-electron chi connectivity index (χ4n) is 4.69. The van der Waals surface area contributed by atoms with Gasteiger partial charge in [0.15, 0.2) is 0 Å². The predicted octanol–water partition coefficient (Wildman–Crippen LogP) is 4.33. The van der Waals surface area contributed by atoms with Gasteiger partial charge in [0.25, 0.3) is 16.8 Å². The zero-order valence-electron chi connectivity index (χ0n) is 20.6. The number of aromatic hydroxyl groups is 1. The van der Waals surface area contributed by atoms with Crippen molar-refractivity contribution in [2.24, 2.45) is 0 Å². The number of rotatable bonds is 6. The maximum atomic E-state index is 13.8. The molecule has 0 fully saturated rings. The maximum absolute atomic E-state index is 13.8. The van der Waals surface area contributed by atoms with Crippen LogP contribution in [-0.4, -0.2) is 29.6 Å². The van der Waals surface area contributed by atoms with Crippen molar-refractivity contribution in [3.05, 3.63) is 137 Å². The van der Waals surface area contributed by atoms with E-state index in [0.717, 1.165) is 27.6 Å². The Balaban J connectivity index is 1.81. The van der Waals surface area contributed by atoms with E-state index in [9.17, 15) is 33.6 Å². The van der Waals surface area contributed by atoms with Crippen molar-refractivity contribution in [2.75, 3.05) is 0 Å². The number of nitrogens with one attached hydrogen (secondary N) is 2. The molecule has 3 aromatic carbocycles. The van der Waals surface area contributed by atoms with Gasteiger partial charge in [-0.2, -0.15) is 0 Å². The standard InChI is InChI=1S/C27H21F2N5O5/c1-14-23(26(36)32(30-14)18-7-3-16(28)4-8-18)25(21-13-20(34(38)39)11-12-22(21)35)24-15(2)31-33(27(24)37)19-9-5-17(29)6-10-19/h3-13,25,30-31,35H,1-2H3. The van der Waals surface area contributed by atoms with Crippen LogP contribution in [0.4, 0.5) is 14.5 Å². The Labute approximate surface area is 218 Å². The summed E-state index contributed by atoms with van der Waals surface area (Å²) in [5.41, 5.74) is -0.276. The van der Waals surface area contributed by atoms with Crippen LogP contribution in [0.25, 0.3) is 11.4 Å². The third-order valence-electron chi connectivity index (χ3n) is 6.51. The molecule has 3 N–H and O–H groups in total. The first-order chi connectivity index (χ1) is 18.6. The van der Waals surface area contributed by atoms with Gasteiger partial charge in [0, 0.05) is 29.1 Å². The van der Waals surface area contributed by atoms with E-state index in [1.54, 1.807) is 13.8 Å². The van der Waals surface area contributed by atoms with E-state index in [0.29, 0.717) is 22.8 Å². The number of hydrogen-bond donors (Lipinski definition) is 3. The van der Waals surface area contributed by atoms with Gasteiger partial charge in [-0.05, 0) is 68.4 Å². The average molecular weight is 533 g/mol. The minimum Gasteiger partial charge on any atom is -0.508 e. The number of benzene rings is 3. The molecule has 0 radical (unpaired) electrons. The van der Waals surface area contributed by atoms with E-state index in [1.807, 2.05) is 0 Å². The number of nitro groups is 1. The number of aromatic nitrogens is 4. The molecule has 5 rings (SSSR count). The van der Waals surface area contributed by atoms with Gasteiger partial charge in [-0.1, -0.05) is 0 Å². The summed E-state index contributed by atoms with van der Waals surface area (Å²) in [4.78, 5) is 38.5. The Morgan fingerprint density at radius 2 is 1.23 bits per heavy atom. The maximum Gasteiger partial charge on any atom is 0.275 e. The molecule has 2 heterocycles. The molecule has 0 aliphatic carbocycles. The molecule has 2 aromatic heterocycles. The lowest BCUT2D eigenvalue weighted by Gasteiger charge is -2.17. The van der Waals surface area contributed by atoms with Gasteiger partial charge in [0.05, 0.1) is 33.3 Å². The van der Waals surface area contributed by atoms with Gasteiger partial charge in [-0.25, -0.2) is 18.1 Å². The third-order valence-corrected chi connectivity index (χ3v) is 6.51. The highest BCUT2D eigenvalue weighted by Gasteiger charge is 2.33. The molecule has 198 valence electrons. The van der Waals surface area contributed by atoms with Gasteiger partial charge in [0.2, 0.25) is 0 Å². The number of H-pyrrole nitrogens is 2. The highest BCUT2D eigenvalue weighted by Crippen LogP contribution is 2.38. The monoisotopic (exact) mass is 533 g/mol. The Hall–Kier alpha value is -5.26. The summed E-state index contributed by atoms with van der Waals surface area (Å²) in [5.74, 6) is -2.62. The number of aromatic amines is 2. The molecule has 0 unspecified atom stereocenters. The zero-order chi connectivity index (χ0) is 28.0. The highest BCUT2D eigenvalue weighted by atomic mass is 19.1. The van der Waals surface area contributed by atoms with Crippen LogP contribution in [0, 0.1) is 35.6 Å². The summed E-state index contributed by atoms with van der Waals surface area (Å²) in [5, 5.41) is 28.2. The fourth-order valence-corrected chi connectivity index (χ4v) is 4.69. The zero-order valence-corrected chi connectivity index (χ0v) is 20.6. The first-order valence-electron chi connectivity index (χ1n) is 11.7. The van der Waals surface area contributed by atoms with Gasteiger partial charge in [-0.15, -0.1) is 0 Å². The molecule has 0 amide bonds. The van der Waals surface area contributed by atoms with Gasteiger partial charge >= 0.3 is 0 Å². The van der Waals surface area contributed by atoms with Gasteiger partial charge < -0.3 is 5.11 Å². The van der Waals surface area contributed by atoms with Crippen LogP contribution >= 0.6 is 0 Å². The first kappa shape index (κ1) is 25.4. The molecular formula is C27H21F2N5O5. The first-order valence-corrected chi connectivity index (χ1v) is 11.7. The molecule has 39 heavy (non-hydrogen) atoms. The summed E-state index contributed by atoms with van der Waals surface area (Å²) in [6, 6.07) is 13.6. The summed E-state index contributed by atoms with van der Waals surface area (Å²) >= 11 is 0. The minimum atomic E-state index is -1.25. The number of aryl methyl sites for hydroxylation is 2. The van der Waals surface area contributed by atoms with E-state index in [2.05, 4.69) is 10.2 Å². The number of nitrogens with zero attached hydrogens (tertiary/aromatic N) is 3. The van der Waals surface area contributed by atoms with Crippen molar-refractivity contribution in [2.45, 2.75) is 19.8 Å². The van der Waals surface area contributed by atoms with Crippen molar-refractivity contribution in [3.8, 4) is 17.1 Å². The highest BCUT2D eigenvalue weighted by molar-refractivity contribution is 5.54. The van der Waals surface area contributed by atoms with Crippen molar-refractivity contribution in [3.63, 3.8) is 0 Å². The van der Waals surface area contributed by atoms with Crippen molar-refractivity contribution >= 4 is 5.69 Å². The molecule has 0 saturated carbocycles. The molecule has 0 aliphatic heterocycles. The molecule has 0 bridgehead atoms. The number of phenols is 1. The van der Waals surface area contributed by atoms with Crippen LogP contribution in [0.15, 0.2) is 76.3 Å². The predicted molar refractivity (Wildman–Crippen MR) is 138 cm³/mol. The summed E-state index contributed by atoms with van der Waals surface area (Å²) in [6.07, 6.45) is 0. The van der Waals surface area contributed by atoms with Crippen LogP contribution < -0.4 is 11.1 Å². The normalized spacial score (nSPS) is 11.3. The minimum absolute atomic E-state index is 0.0416. The second-order valence-corrected chi connectivity index (χ2v) is 8.97. The van der Waals surface area contributed by atoms with Crippen LogP contribution in [0.5, 0.6) is 5.75 Å². The molecule has 0 atom stereocenters. The van der Waals surface area contributed by atoms with E-state index >= 15 is 0 Å². The largest absolute Gasteiger partial charge is 0.508 e. The topological polar surface area (TPSA) is 139 Å².